The smallest absolute Gasteiger partial charge is 0.0798 e. The summed E-state index contributed by atoms with van der Waals surface area (Å²) in [4.78, 5) is 10.9. The minimum Gasteiger partial charge on any atom is -0.301 e. The van der Waals surface area contributed by atoms with E-state index < -0.39 is 0 Å². The zero-order valence-electron chi connectivity index (χ0n) is 13.4. The van der Waals surface area contributed by atoms with Crippen LogP contribution in [-0.2, 0) is 6.54 Å². The third-order valence-electron chi connectivity index (χ3n) is 4.48. The highest BCUT2D eigenvalue weighted by Gasteiger charge is 2.26. The van der Waals surface area contributed by atoms with Crippen molar-refractivity contribution in [3.63, 3.8) is 0 Å². The molecule has 0 spiro atoms. The van der Waals surface area contributed by atoms with Crippen molar-refractivity contribution in [3.05, 3.63) is 16.1 Å². The van der Waals surface area contributed by atoms with Gasteiger partial charge in [-0.15, -0.1) is 11.3 Å². The standard InChI is InChI=1S/C16H29N3S/c1-5-6-13(2)19-8-7-15(10-19)9-18(4)11-16-14(3)17-12-20-16/h12-13,15H,5-11H2,1-4H3/t13-,15-/m0/s1. The van der Waals surface area contributed by atoms with Gasteiger partial charge in [-0.05, 0) is 46.2 Å². The predicted molar refractivity (Wildman–Crippen MR) is 87.2 cm³/mol. The molecule has 1 fully saturated rings. The maximum Gasteiger partial charge on any atom is 0.0798 e. The molecule has 0 amide bonds. The van der Waals surface area contributed by atoms with E-state index in [2.05, 4.69) is 42.6 Å². The first-order valence-electron chi connectivity index (χ1n) is 7.91. The van der Waals surface area contributed by atoms with Crippen LogP contribution in [-0.4, -0.2) is 47.5 Å². The van der Waals surface area contributed by atoms with Crippen molar-refractivity contribution < 1.29 is 0 Å². The highest BCUT2D eigenvalue weighted by atomic mass is 32.1. The van der Waals surface area contributed by atoms with E-state index in [0.29, 0.717) is 0 Å². The molecule has 1 aromatic heterocycles. The van der Waals surface area contributed by atoms with Crippen molar-refractivity contribution in [1.82, 2.24) is 14.8 Å². The Balaban J connectivity index is 1.76. The Morgan fingerprint density at radius 2 is 2.35 bits per heavy atom. The van der Waals surface area contributed by atoms with Crippen LogP contribution < -0.4 is 0 Å². The van der Waals surface area contributed by atoms with Gasteiger partial charge in [-0.2, -0.15) is 0 Å². The third-order valence-corrected chi connectivity index (χ3v) is 5.40. The molecule has 0 radical (unpaired) electrons. The van der Waals surface area contributed by atoms with Gasteiger partial charge in [0.25, 0.3) is 0 Å². The molecule has 114 valence electrons. The van der Waals surface area contributed by atoms with Gasteiger partial charge in [0.1, 0.15) is 0 Å². The van der Waals surface area contributed by atoms with E-state index in [0.717, 1.165) is 18.5 Å². The van der Waals surface area contributed by atoms with Gasteiger partial charge < -0.3 is 9.80 Å². The molecular weight excluding hydrogens is 266 g/mol. The van der Waals surface area contributed by atoms with E-state index in [-0.39, 0.29) is 0 Å². The molecule has 0 saturated carbocycles. The molecule has 2 atom stereocenters. The Labute approximate surface area is 128 Å². The van der Waals surface area contributed by atoms with Gasteiger partial charge in [0.05, 0.1) is 11.2 Å². The van der Waals surface area contributed by atoms with Crippen LogP contribution in [0.3, 0.4) is 0 Å². The van der Waals surface area contributed by atoms with E-state index >= 15 is 0 Å². The normalized spacial score (nSPS) is 21.8. The van der Waals surface area contributed by atoms with Crippen molar-refractivity contribution in [2.45, 2.75) is 52.6 Å². The fourth-order valence-corrected chi connectivity index (χ4v) is 4.10. The summed E-state index contributed by atoms with van der Waals surface area (Å²) in [6.07, 6.45) is 4.00. The lowest BCUT2D eigenvalue weighted by Crippen LogP contribution is -2.32. The summed E-state index contributed by atoms with van der Waals surface area (Å²) in [7, 11) is 2.25. The average Bonchev–Trinajstić information content (AvgIpc) is 3.00. The SMILES string of the molecule is CCC[C@H](C)N1CC[C@@H](CN(C)Cc2scnc2C)C1. The van der Waals surface area contributed by atoms with Crippen molar-refractivity contribution >= 4 is 11.3 Å². The molecule has 2 rings (SSSR count). The maximum atomic E-state index is 4.34. The van der Waals surface area contributed by atoms with E-state index in [9.17, 15) is 0 Å². The van der Waals surface area contributed by atoms with E-state index in [1.54, 1.807) is 11.3 Å². The zero-order valence-corrected chi connectivity index (χ0v) is 14.2. The molecule has 0 bridgehead atoms. The largest absolute Gasteiger partial charge is 0.301 e. The summed E-state index contributed by atoms with van der Waals surface area (Å²) in [6, 6.07) is 0.763. The molecule has 1 aromatic rings. The fourth-order valence-electron chi connectivity index (χ4n) is 3.24. The second-order valence-electron chi connectivity index (χ2n) is 6.35. The Hall–Kier alpha value is -0.450. The lowest BCUT2D eigenvalue weighted by atomic mass is 10.1. The van der Waals surface area contributed by atoms with E-state index in [1.165, 1.54) is 49.5 Å². The van der Waals surface area contributed by atoms with Gasteiger partial charge in [0.15, 0.2) is 0 Å². The number of hydrogen-bond donors (Lipinski definition) is 0. The summed E-state index contributed by atoms with van der Waals surface area (Å²) in [5.41, 5.74) is 3.16. The fraction of sp³-hybridized carbons (Fsp3) is 0.812. The van der Waals surface area contributed by atoms with Crippen LogP contribution in [0.4, 0.5) is 0 Å². The first-order chi connectivity index (χ1) is 9.60. The zero-order chi connectivity index (χ0) is 14.5. The molecule has 1 saturated heterocycles. The Kier molecular flexibility index (Phi) is 6.00. The molecule has 0 aromatic carbocycles. The number of likely N-dealkylation sites (tertiary alicyclic amines) is 1. The highest BCUT2D eigenvalue weighted by Crippen LogP contribution is 2.22. The van der Waals surface area contributed by atoms with Crippen LogP contribution >= 0.6 is 11.3 Å². The third kappa shape index (κ3) is 4.27. The summed E-state index contributed by atoms with van der Waals surface area (Å²) in [5.74, 6) is 0.840. The second kappa shape index (κ2) is 7.53. The molecule has 20 heavy (non-hydrogen) atoms. The summed E-state index contributed by atoms with van der Waals surface area (Å²) >= 11 is 1.78. The van der Waals surface area contributed by atoms with E-state index in [4.69, 9.17) is 0 Å². The molecule has 2 heterocycles. The lowest BCUT2D eigenvalue weighted by Gasteiger charge is -2.25. The van der Waals surface area contributed by atoms with Crippen molar-refractivity contribution in [2.24, 2.45) is 5.92 Å². The monoisotopic (exact) mass is 295 g/mol. The van der Waals surface area contributed by atoms with Crippen LogP contribution in [0.1, 0.15) is 43.7 Å². The summed E-state index contributed by atoms with van der Waals surface area (Å²) < 4.78 is 0. The lowest BCUT2D eigenvalue weighted by molar-refractivity contribution is 0.218. The maximum absolute atomic E-state index is 4.34. The number of nitrogens with zero attached hydrogens (tertiary/aromatic N) is 3. The predicted octanol–water partition coefficient (Wildman–Crippen LogP) is 3.39. The van der Waals surface area contributed by atoms with Crippen LogP contribution in [0.5, 0.6) is 0 Å². The average molecular weight is 295 g/mol. The molecular formula is C16H29N3S. The number of hydrogen-bond acceptors (Lipinski definition) is 4. The number of aryl methyl sites for hydroxylation is 1. The van der Waals surface area contributed by atoms with Gasteiger partial charge in [-0.1, -0.05) is 13.3 Å². The van der Waals surface area contributed by atoms with Gasteiger partial charge >= 0.3 is 0 Å². The van der Waals surface area contributed by atoms with Crippen molar-refractivity contribution in [3.8, 4) is 0 Å². The number of aromatic nitrogens is 1. The van der Waals surface area contributed by atoms with E-state index in [1.807, 2.05) is 5.51 Å². The quantitative estimate of drug-likeness (QED) is 0.768. The number of rotatable bonds is 7. The van der Waals surface area contributed by atoms with Gasteiger partial charge in [0.2, 0.25) is 0 Å². The first-order valence-corrected chi connectivity index (χ1v) is 8.79. The van der Waals surface area contributed by atoms with Gasteiger partial charge in [0, 0.05) is 30.6 Å². The second-order valence-corrected chi connectivity index (χ2v) is 7.28. The number of thiazole rings is 1. The highest BCUT2D eigenvalue weighted by molar-refractivity contribution is 7.09. The summed E-state index contributed by atoms with van der Waals surface area (Å²) in [6.45, 7) is 11.6. The molecule has 0 N–H and O–H groups in total. The minimum atomic E-state index is 0.763. The van der Waals surface area contributed by atoms with Crippen molar-refractivity contribution in [2.75, 3.05) is 26.7 Å². The van der Waals surface area contributed by atoms with Crippen LogP contribution in [0.2, 0.25) is 0 Å². The van der Waals surface area contributed by atoms with Gasteiger partial charge in [-0.3, -0.25) is 0 Å². The Morgan fingerprint density at radius 3 is 3.00 bits per heavy atom. The van der Waals surface area contributed by atoms with Crippen LogP contribution in [0.25, 0.3) is 0 Å². The molecule has 4 heteroatoms. The summed E-state index contributed by atoms with van der Waals surface area (Å²) in [5, 5.41) is 0. The van der Waals surface area contributed by atoms with Crippen LogP contribution in [0.15, 0.2) is 5.51 Å². The minimum absolute atomic E-state index is 0.763. The molecule has 0 aliphatic carbocycles. The molecule has 1 aliphatic rings. The Morgan fingerprint density at radius 1 is 1.55 bits per heavy atom. The Bertz CT molecular complexity index is 404. The van der Waals surface area contributed by atoms with Crippen molar-refractivity contribution in [1.29, 1.82) is 0 Å². The van der Waals surface area contributed by atoms with Gasteiger partial charge in [-0.25, -0.2) is 4.98 Å². The molecule has 3 nitrogen and oxygen atoms in total. The molecule has 1 aliphatic heterocycles. The molecule has 0 unspecified atom stereocenters. The first kappa shape index (κ1) is 15.9. The van der Waals surface area contributed by atoms with Crippen LogP contribution in [0, 0.1) is 12.8 Å². The topological polar surface area (TPSA) is 19.4 Å².